The van der Waals surface area contributed by atoms with Crippen LogP contribution in [0.15, 0.2) is 18.2 Å². The molecule has 1 heterocycles. The molecule has 0 amide bonds. The minimum absolute atomic E-state index is 0.208. The van der Waals surface area contributed by atoms with E-state index in [2.05, 4.69) is 20.8 Å². The van der Waals surface area contributed by atoms with Crippen molar-refractivity contribution in [3.63, 3.8) is 0 Å². The molecular weight excluding hydrogens is 280 g/mol. The Kier molecular flexibility index (Phi) is 3.65. The van der Waals surface area contributed by atoms with Crippen LogP contribution in [-0.2, 0) is 6.54 Å². The van der Waals surface area contributed by atoms with Crippen molar-refractivity contribution >= 4 is 27.5 Å². The first-order valence-corrected chi connectivity index (χ1v) is 6.25. The summed E-state index contributed by atoms with van der Waals surface area (Å²) >= 11 is 9.53. The molecule has 0 aliphatic carbocycles. The molecule has 1 aromatic carbocycles. The van der Waals surface area contributed by atoms with Crippen LogP contribution < -0.4 is 0 Å². The third-order valence-corrected chi connectivity index (χ3v) is 3.76. The minimum Gasteiger partial charge on any atom is -0.298 e. The summed E-state index contributed by atoms with van der Waals surface area (Å²) in [6.45, 7) is 2.57. The molecule has 1 atom stereocenters. The van der Waals surface area contributed by atoms with Crippen LogP contribution in [0.25, 0.3) is 0 Å². The molecule has 2 rings (SSSR count). The summed E-state index contributed by atoms with van der Waals surface area (Å²) in [6.07, 6.45) is 1.12. The molecule has 0 N–H and O–H groups in total. The van der Waals surface area contributed by atoms with Gasteiger partial charge in [-0.25, -0.2) is 4.39 Å². The zero-order valence-corrected chi connectivity index (χ0v) is 10.6. The molecule has 1 unspecified atom stereocenters. The summed E-state index contributed by atoms with van der Waals surface area (Å²) in [5.41, 5.74) is 0.612. The minimum atomic E-state index is -0.208. The molecule has 1 aromatic rings. The second-order valence-electron chi connectivity index (χ2n) is 3.82. The Morgan fingerprint density at radius 2 is 2.33 bits per heavy atom. The summed E-state index contributed by atoms with van der Waals surface area (Å²) in [6, 6.07) is 4.84. The number of nitrogens with zero attached hydrogens (tertiary/aromatic N) is 1. The van der Waals surface area contributed by atoms with Gasteiger partial charge in [0, 0.05) is 28.5 Å². The fourth-order valence-corrected chi connectivity index (χ4v) is 2.67. The number of alkyl halides is 1. The normalized spacial score (nSPS) is 22.2. The largest absolute Gasteiger partial charge is 0.298 e. The maximum absolute atomic E-state index is 13.5. The maximum Gasteiger partial charge on any atom is 0.129 e. The lowest BCUT2D eigenvalue weighted by Crippen LogP contribution is -2.21. The van der Waals surface area contributed by atoms with Crippen LogP contribution in [0.5, 0.6) is 0 Å². The molecule has 0 aromatic heterocycles. The van der Waals surface area contributed by atoms with Gasteiger partial charge in [0.25, 0.3) is 0 Å². The molecule has 0 radical (unpaired) electrons. The number of likely N-dealkylation sites (tertiary alicyclic amines) is 1. The highest BCUT2D eigenvalue weighted by Gasteiger charge is 2.21. The SMILES string of the molecule is Fc1cccc(Cl)c1CN1CCC(Br)C1. The van der Waals surface area contributed by atoms with Crippen LogP contribution in [0.1, 0.15) is 12.0 Å². The van der Waals surface area contributed by atoms with Crippen molar-refractivity contribution in [2.75, 3.05) is 13.1 Å². The standard InChI is InChI=1S/C11H12BrClFN/c12-8-4-5-15(6-8)7-9-10(13)2-1-3-11(9)14/h1-3,8H,4-7H2. The first-order valence-electron chi connectivity index (χ1n) is 4.96. The second kappa shape index (κ2) is 4.81. The van der Waals surface area contributed by atoms with E-state index < -0.39 is 0 Å². The Hall–Kier alpha value is -0.120. The molecule has 0 saturated carbocycles. The van der Waals surface area contributed by atoms with E-state index in [0.717, 1.165) is 19.5 Å². The molecule has 4 heteroatoms. The van der Waals surface area contributed by atoms with Gasteiger partial charge in [-0.2, -0.15) is 0 Å². The smallest absolute Gasteiger partial charge is 0.129 e. The molecular formula is C11H12BrClFN. The Bertz CT molecular complexity index is 338. The number of hydrogen-bond donors (Lipinski definition) is 0. The van der Waals surface area contributed by atoms with Crippen molar-refractivity contribution in [1.29, 1.82) is 0 Å². The quantitative estimate of drug-likeness (QED) is 0.755. The van der Waals surface area contributed by atoms with Crippen molar-refractivity contribution in [2.24, 2.45) is 0 Å². The van der Waals surface area contributed by atoms with Crippen molar-refractivity contribution < 1.29 is 4.39 Å². The van der Waals surface area contributed by atoms with E-state index in [-0.39, 0.29) is 5.82 Å². The van der Waals surface area contributed by atoms with Gasteiger partial charge in [0.2, 0.25) is 0 Å². The van der Waals surface area contributed by atoms with E-state index in [1.807, 2.05) is 0 Å². The number of benzene rings is 1. The lowest BCUT2D eigenvalue weighted by atomic mass is 10.2. The Morgan fingerprint density at radius 1 is 1.53 bits per heavy atom. The summed E-state index contributed by atoms with van der Waals surface area (Å²) in [7, 11) is 0. The van der Waals surface area contributed by atoms with E-state index in [9.17, 15) is 4.39 Å². The first kappa shape index (κ1) is 11.4. The average molecular weight is 293 g/mol. The van der Waals surface area contributed by atoms with Gasteiger partial charge in [-0.05, 0) is 25.1 Å². The first-order chi connectivity index (χ1) is 7.16. The highest BCUT2D eigenvalue weighted by atomic mass is 79.9. The van der Waals surface area contributed by atoms with Gasteiger partial charge in [0.15, 0.2) is 0 Å². The second-order valence-corrected chi connectivity index (χ2v) is 5.52. The lowest BCUT2D eigenvalue weighted by molar-refractivity contribution is 0.327. The molecule has 1 saturated heterocycles. The van der Waals surface area contributed by atoms with Crippen LogP contribution in [0.4, 0.5) is 4.39 Å². The molecule has 1 aliphatic heterocycles. The fraction of sp³-hybridized carbons (Fsp3) is 0.455. The molecule has 0 spiro atoms. The van der Waals surface area contributed by atoms with Crippen molar-refractivity contribution in [3.05, 3.63) is 34.6 Å². The molecule has 1 nitrogen and oxygen atoms in total. The summed E-state index contributed by atoms with van der Waals surface area (Å²) in [5, 5.41) is 0.521. The van der Waals surface area contributed by atoms with Gasteiger partial charge in [-0.3, -0.25) is 4.90 Å². The van der Waals surface area contributed by atoms with Gasteiger partial charge < -0.3 is 0 Å². The van der Waals surface area contributed by atoms with E-state index in [4.69, 9.17) is 11.6 Å². The van der Waals surface area contributed by atoms with E-state index in [1.165, 1.54) is 6.07 Å². The van der Waals surface area contributed by atoms with Crippen LogP contribution in [0.3, 0.4) is 0 Å². The molecule has 1 fully saturated rings. The Balaban J connectivity index is 2.10. The highest BCUT2D eigenvalue weighted by molar-refractivity contribution is 9.09. The third kappa shape index (κ3) is 2.71. The summed E-state index contributed by atoms with van der Waals surface area (Å²) in [4.78, 5) is 2.74. The Morgan fingerprint density at radius 3 is 2.93 bits per heavy atom. The predicted molar refractivity (Wildman–Crippen MR) is 64.0 cm³/mol. The van der Waals surface area contributed by atoms with Crippen LogP contribution in [0.2, 0.25) is 5.02 Å². The summed E-state index contributed by atoms with van der Waals surface area (Å²) in [5.74, 6) is -0.208. The molecule has 82 valence electrons. The molecule has 15 heavy (non-hydrogen) atoms. The number of rotatable bonds is 2. The van der Waals surface area contributed by atoms with Gasteiger partial charge >= 0.3 is 0 Å². The van der Waals surface area contributed by atoms with Gasteiger partial charge in [0.1, 0.15) is 5.82 Å². The van der Waals surface area contributed by atoms with Crippen molar-refractivity contribution in [2.45, 2.75) is 17.8 Å². The summed E-state index contributed by atoms with van der Waals surface area (Å²) < 4.78 is 13.5. The molecule has 1 aliphatic rings. The topological polar surface area (TPSA) is 3.24 Å². The van der Waals surface area contributed by atoms with Crippen molar-refractivity contribution in [3.8, 4) is 0 Å². The van der Waals surface area contributed by atoms with Crippen molar-refractivity contribution in [1.82, 2.24) is 4.90 Å². The van der Waals surface area contributed by atoms with Gasteiger partial charge in [-0.15, -0.1) is 0 Å². The van der Waals surface area contributed by atoms with Gasteiger partial charge in [-0.1, -0.05) is 33.6 Å². The van der Waals surface area contributed by atoms with Crippen LogP contribution in [0, 0.1) is 5.82 Å². The van der Waals surface area contributed by atoms with E-state index in [0.29, 0.717) is 22.0 Å². The third-order valence-electron chi connectivity index (χ3n) is 2.66. The van der Waals surface area contributed by atoms with Crippen LogP contribution in [-0.4, -0.2) is 22.8 Å². The number of hydrogen-bond acceptors (Lipinski definition) is 1. The van der Waals surface area contributed by atoms with E-state index >= 15 is 0 Å². The zero-order valence-electron chi connectivity index (χ0n) is 8.22. The van der Waals surface area contributed by atoms with Crippen LogP contribution >= 0.6 is 27.5 Å². The zero-order chi connectivity index (χ0) is 10.8. The maximum atomic E-state index is 13.5. The lowest BCUT2D eigenvalue weighted by Gasteiger charge is -2.16. The average Bonchev–Trinajstić information content (AvgIpc) is 2.58. The monoisotopic (exact) mass is 291 g/mol. The fourth-order valence-electron chi connectivity index (χ4n) is 1.84. The predicted octanol–water partition coefficient (Wildman–Crippen LogP) is 3.45. The van der Waals surface area contributed by atoms with E-state index in [1.54, 1.807) is 12.1 Å². The Labute approximate surface area is 102 Å². The number of halogens is 3. The highest BCUT2D eigenvalue weighted by Crippen LogP contribution is 2.24. The van der Waals surface area contributed by atoms with Gasteiger partial charge in [0.05, 0.1) is 0 Å². The molecule has 0 bridgehead atoms.